The summed E-state index contributed by atoms with van der Waals surface area (Å²) in [5.74, 6) is -0.483. The van der Waals surface area contributed by atoms with Crippen molar-refractivity contribution in [3.63, 3.8) is 0 Å². The van der Waals surface area contributed by atoms with Crippen LogP contribution in [0, 0.1) is 5.82 Å². The van der Waals surface area contributed by atoms with Gasteiger partial charge in [-0.2, -0.15) is 0 Å². The molecule has 5 nitrogen and oxygen atoms in total. The molecule has 1 aliphatic carbocycles. The van der Waals surface area contributed by atoms with Crippen molar-refractivity contribution in [2.75, 3.05) is 10.6 Å². The number of aryl methyl sites for hydroxylation is 1. The topological polar surface area (TPSA) is 70.2 Å². The van der Waals surface area contributed by atoms with E-state index in [1.54, 1.807) is 12.1 Å². The molecule has 2 aromatic rings. The Balaban J connectivity index is 1.59. The second-order valence-corrected chi connectivity index (χ2v) is 6.83. The first-order chi connectivity index (χ1) is 12.6. The van der Waals surface area contributed by atoms with Crippen LogP contribution in [0.5, 0.6) is 0 Å². The summed E-state index contributed by atoms with van der Waals surface area (Å²) >= 11 is 0. The van der Waals surface area contributed by atoms with Crippen LogP contribution in [-0.2, 0) is 16.0 Å². The van der Waals surface area contributed by atoms with E-state index in [1.807, 2.05) is 18.2 Å². The molecule has 3 N–H and O–H groups in total. The van der Waals surface area contributed by atoms with E-state index in [1.165, 1.54) is 12.1 Å². The SMILES string of the molecule is O=C1CCc2ccc(NC(C(=O)NC3CC3)c3ccc(F)cc3)cc2N1. The first-order valence-corrected chi connectivity index (χ1v) is 8.83. The Bertz CT molecular complexity index is 847. The summed E-state index contributed by atoms with van der Waals surface area (Å²) in [5, 5.41) is 9.08. The zero-order valence-corrected chi connectivity index (χ0v) is 14.2. The maximum atomic E-state index is 13.3. The summed E-state index contributed by atoms with van der Waals surface area (Å²) in [6.07, 6.45) is 3.19. The average molecular weight is 353 g/mol. The van der Waals surface area contributed by atoms with Gasteiger partial charge in [0.25, 0.3) is 0 Å². The quantitative estimate of drug-likeness (QED) is 0.773. The third-order valence-electron chi connectivity index (χ3n) is 4.71. The molecule has 1 unspecified atom stereocenters. The molecule has 0 saturated heterocycles. The molecule has 6 heteroatoms. The van der Waals surface area contributed by atoms with Crippen molar-refractivity contribution in [1.82, 2.24) is 5.32 Å². The van der Waals surface area contributed by atoms with Crippen LogP contribution >= 0.6 is 0 Å². The molecule has 1 saturated carbocycles. The molecule has 26 heavy (non-hydrogen) atoms. The zero-order valence-electron chi connectivity index (χ0n) is 14.2. The van der Waals surface area contributed by atoms with Crippen LogP contribution in [0.1, 0.15) is 36.4 Å². The summed E-state index contributed by atoms with van der Waals surface area (Å²) in [7, 11) is 0. The molecule has 1 fully saturated rings. The van der Waals surface area contributed by atoms with E-state index in [-0.39, 0.29) is 23.7 Å². The lowest BCUT2D eigenvalue weighted by molar-refractivity contribution is -0.122. The third kappa shape index (κ3) is 3.69. The van der Waals surface area contributed by atoms with Crippen LogP contribution < -0.4 is 16.0 Å². The van der Waals surface area contributed by atoms with Crippen molar-refractivity contribution in [1.29, 1.82) is 0 Å². The molecule has 0 spiro atoms. The molecular weight excluding hydrogens is 333 g/mol. The van der Waals surface area contributed by atoms with Gasteiger partial charge in [-0.15, -0.1) is 0 Å². The molecule has 1 aliphatic heterocycles. The molecule has 1 heterocycles. The number of nitrogens with one attached hydrogen (secondary N) is 3. The first-order valence-electron chi connectivity index (χ1n) is 8.83. The van der Waals surface area contributed by atoms with Gasteiger partial charge < -0.3 is 16.0 Å². The number of hydrogen-bond donors (Lipinski definition) is 3. The standard InChI is InChI=1S/C20H20FN3O2/c21-14-5-1-13(2-6-14)19(20(26)23-15-8-9-15)22-16-7-3-12-4-10-18(25)24-17(12)11-16/h1-3,5-7,11,15,19,22H,4,8-10H2,(H,23,26)(H,24,25). The fraction of sp³-hybridized carbons (Fsp3) is 0.300. The van der Waals surface area contributed by atoms with Crippen molar-refractivity contribution >= 4 is 23.2 Å². The number of amides is 2. The molecule has 2 aromatic carbocycles. The van der Waals surface area contributed by atoms with Gasteiger partial charge in [0.2, 0.25) is 11.8 Å². The molecule has 0 radical (unpaired) electrons. The number of rotatable bonds is 5. The van der Waals surface area contributed by atoms with Crippen molar-refractivity contribution in [3.05, 3.63) is 59.4 Å². The van der Waals surface area contributed by atoms with Gasteiger partial charge in [0, 0.05) is 23.8 Å². The Kier molecular flexibility index (Phi) is 4.32. The summed E-state index contributed by atoms with van der Waals surface area (Å²) in [6, 6.07) is 11.2. The fourth-order valence-corrected chi connectivity index (χ4v) is 3.10. The van der Waals surface area contributed by atoms with E-state index in [9.17, 15) is 14.0 Å². The van der Waals surface area contributed by atoms with Gasteiger partial charge in [-0.05, 0) is 54.7 Å². The van der Waals surface area contributed by atoms with Crippen LogP contribution in [0.15, 0.2) is 42.5 Å². The minimum absolute atomic E-state index is 0.00351. The van der Waals surface area contributed by atoms with E-state index in [4.69, 9.17) is 0 Å². The average Bonchev–Trinajstić information content (AvgIpc) is 3.44. The second-order valence-electron chi connectivity index (χ2n) is 6.83. The number of anilines is 2. The third-order valence-corrected chi connectivity index (χ3v) is 4.71. The fourth-order valence-electron chi connectivity index (χ4n) is 3.10. The monoisotopic (exact) mass is 353 g/mol. The number of halogens is 1. The molecule has 0 aromatic heterocycles. The number of carbonyl (C=O) groups is 2. The normalized spacial score (nSPS) is 17.0. The van der Waals surface area contributed by atoms with Crippen LogP contribution in [-0.4, -0.2) is 17.9 Å². The summed E-state index contributed by atoms with van der Waals surface area (Å²) < 4.78 is 13.3. The highest BCUT2D eigenvalue weighted by Crippen LogP contribution is 2.29. The van der Waals surface area contributed by atoms with Gasteiger partial charge in [-0.1, -0.05) is 18.2 Å². The lowest BCUT2D eigenvalue weighted by Gasteiger charge is -2.22. The largest absolute Gasteiger partial charge is 0.370 e. The van der Waals surface area contributed by atoms with Crippen LogP contribution in [0.25, 0.3) is 0 Å². The maximum Gasteiger partial charge on any atom is 0.247 e. The van der Waals surface area contributed by atoms with Crippen LogP contribution in [0.2, 0.25) is 0 Å². The molecule has 2 amide bonds. The first kappa shape index (κ1) is 16.6. The Morgan fingerprint density at radius 3 is 2.62 bits per heavy atom. The van der Waals surface area contributed by atoms with Gasteiger partial charge >= 0.3 is 0 Å². The minimum atomic E-state index is -0.631. The minimum Gasteiger partial charge on any atom is -0.370 e. The predicted octanol–water partition coefficient (Wildman–Crippen LogP) is 3.14. The molecule has 134 valence electrons. The van der Waals surface area contributed by atoms with Crippen molar-refractivity contribution in [2.24, 2.45) is 0 Å². The highest BCUT2D eigenvalue weighted by atomic mass is 19.1. The molecule has 2 aliphatic rings. The van der Waals surface area contributed by atoms with E-state index >= 15 is 0 Å². The summed E-state index contributed by atoms with van der Waals surface area (Å²) in [5.41, 5.74) is 3.26. The predicted molar refractivity (Wildman–Crippen MR) is 97.3 cm³/mol. The van der Waals surface area contributed by atoms with E-state index in [0.717, 1.165) is 29.8 Å². The molecule has 0 bridgehead atoms. The van der Waals surface area contributed by atoms with E-state index < -0.39 is 6.04 Å². The van der Waals surface area contributed by atoms with Crippen LogP contribution in [0.4, 0.5) is 15.8 Å². The molecule has 1 atom stereocenters. The van der Waals surface area contributed by atoms with Gasteiger partial charge in [0.1, 0.15) is 11.9 Å². The van der Waals surface area contributed by atoms with Crippen molar-refractivity contribution in [3.8, 4) is 0 Å². The lowest BCUT2D eigenvalue weighted by Crippen LogP contribution is -2.35. The smallest absolute Gasteiger partial charge is 0.247 e. The Labute approximate surface area is 151 Å². The van der Waals surface area contributed by atoms with Crippen molar-refractivity contribution < 1.29 is 14.0 Å². The highest BCUT2D eigenvalue weighted by molar-refractivity contribution is 5.94. The van der Waals surface area contributed by atoms with Gasteiger partial charge in [0.15, 0.2) is 0 Å². The van der Waals surface area contributed by atoms with Crippen molar-refractivity contribution in [2.45, 2.75) is 37.8 Å². The van der Waals surface area contributed by atoms with Gasteiger partial charge in [-0.3, -0.25) is 9.59 Å². The Morgan fingerprint density at radius 1 is 1.12 bits per heavy atom. The van der Waals surface area contributed by atoms with Crippen LogP contribution in [0.3, 0.4) is 0 Å². The lowest BCUT2D eigenvalue weighted by atomic mass is 10.0. The molecule has 4 rings (SSSR count). The zero-order chi connectivity index (χ0) is 18.1. The second kappa shape index (κ2) is 6.78. The van der Waals surface area contributed by atoms with Gasteiger partial charge in [0.05, 0.1) is 0 Å². The Hall–Kier alpha value is -2.89. The summed E-state index contributed by atoms with van der Waals surface area (Å²) in [4.78, 5) is 24.3. The number of benzene rings is 2. The number of hydrogen-bond acceptors (Lipinski definition) is 3. The molecular formula is C20H20FN3O2. The Morgan fingerprint density at radius 2 is 1.88 bits per heavy atom. The maximum absolute atomic E-state index is 13.3. The number of carbonyl (C=O) groups excluding carboxylic acids is 2. The highest BCUT2D eigenvalue weighted by Gasteiger charge is 2.28. The number of fused-ring (bicyclic) bond motifs is 1. The van der Waals surface area contributed by atoms with E-state index in [0.29, 0.717) is 18.4 Å². The van der Waals surface area contributed by atoms with Gasteiger partial charge in [-0.25, -0.2) is 4.39 Å². The summed E-state index contributed by atoms with van der Waals surface area (Å²) in [6.45, 7) is 0. The van der Waals surface area contributed by atoms with E-state index in [2.05, 4.69) is 16.0 Å².